The molecule has 1 aromatic carbocycles. The third-order valence-electron chi connectivity index (χ3n) is 10.9. The Morgan fingerprint density at radius 2 is 1.74 bits per heavy atom. The highest BCUT2D eigenvalue weighted by Gasteiger charge is 2.57. The fourth-order valence-corrected chi connectivity index (χ4v) is 8.28. The normalized spacial score (nSPS) is 25.1. The maximum Gasteiger partial charge on any atom is 0.387 e. The van der Waals surface area contributed by atoms with E-state index in [9.17, 15) is 28.3 Å². The average molecular weight is 662 g/mol. The van der Waals surface area contributed by atoms with Crippen molar-refractivity contribution in [3.63, 3.8) is 0 Å². The average Bonchev–Trinajstić information content (AvgIpc) is 3.47. The molecule has 7 rings (SSSR count). The molecule has 2 saturated heterocycles. The summed E-state index contributed by atoms with van der Waals surface area (Å²) in [5.74, 6) is -0.530. The van der Waals surface area contributed by atoms with Gasteiger partial charge >= 0.3 is 12.6 Å². The lowest BCUT2D eigenvalue weighted by Gasteiger charge is -2.62. The summed E-state index contributed by atoms with van der Waals surface area (Å²) in [5.41, 5.74) is -1.02. The summed E-state index contributed by atoms with van der Waals surface area (Å²) in [6.07, 6.45) is 7.09. The number of anilines is 1. The van der Waals surface area contributed by atoms with Gasteiger partial charge in [0.25, 0.3) is 5.91 Å². The van der Waals surface area contributed by atoms with E-state index in [0.29, 0.717) is 64.8 Å². The van der Waals surface area contributed by atoms with Crippen molar-refractivity contribution in [2.45, 2.75) is 83.3 Å². The molecule has 3 aliphatic carbocycles. The first-order valence-corrected chi connectivity index (χ1v) is 16.6. The number of hydrogen-bond donors (Lipinski definition) is 2. The van der Waals surface area contributed by atoms with E-state index < -0.39 is 29.4 Å². The van der Waals surface area contributed by atoms with Crippen LogP contribution in [0.1, 0.15) is 76.8 Å². The summed E-state index contributed by atoms with van der Waals surface area (Å²) in [6, 6.07) is 6.00. The Bertz CT molecular complexity index is 1470. The van der Waals surface area contributed by atoms with E-state index in [1.54, 1.807) is 10.9 Å². The van der Waals surface area contributed by atoms with Crippen molar-refractivity contribution >= 4 is 35.1 Å². The largest absolute Gasteiger partial charge is 0.481 e. The predicted molar refractivity (Wildman–Crippen MR) is 167 cm³/mol. The molecule has 2 aromatic rings. The molecule has 2 bridgehead atoms. The number of halogens is 3. The minimum absolute atomic E-state index is 0.0521. The number of carbonyl (C=O) groups is 3. The van der Waals surface area contributed by atoms with E-state index >= 15 is 0 Å². The van der Waals surface area contributed by atoms with Crippen molar-refractivity contribution in [3.05, 3.63) is 41.2 Å². The Morgan fingerprint density at radius 3 is 2.30 bits per heavy atom. The number of carboxylic acids is 1. The number of aromatic nitrogens is 2. The lowest BCUT2D eigenvalue weighted by atomic mass is 9.43. The van der Waals surface area contributed by atoms with Crippen molar-refractivity contribution in [1.82, 2.24) is 19.6 Å². The van der Waals surface area contributed by atoms with Gasteiger partial charge in [-0.2, -0.15) is 13.9 Å². The number of likely N-dealkylation sites (tertiary alicyclic amines) is 2. The maximum atomic E-state index is 14.2. The number of hydrogen-bond acceptors (Lipinski definition) is 6. The molecule has 1 aromatic heterocycles. The van der Waals surface area contributed by atoms with Crippen LogP contribution in [0.25, 0.3) is 0 Å². The van der Waals surface area contributed by atoms with Gasteiger partial charge in [0.05, 0.1) is 11.1 Å². The van der Waals surface area contributed by atoms with E-state index in [-0.39, 0.29) is 33.7 Å². The van der Waals surface area contributed by atoms with Gasteiger partial charge in [-0.3, -0.25) is 19.1 Å². The minimum Gasteiger partial charge on any atom is -0.481 e. The van der Waals surface area contributed by atoms with Gasteiger partial charge in [0.1, 0.15) is 5.54 Å². The molecular formula is C33H42ClF2N5O5. The van der Waals surface area contributed by atoms with Crippen molar-refractivity contribution in [1.29, 1.82) is 0 Å². The van der Waals surface area contributed by atoms with Crippen LogP contribution in [0.4, 0.5) is 14.5 Å². The topological polar surface area (TPSA) is 117 Å². The number of piperidine rings is 2. The molecule has 2 aliphatic heterocycles. The molecule has 2 amide bonds. The first-order valence-electron chi connectivity index (χ1n) is 16.2. The second-order valence-electron chi connectivity index (χ2n) is 14.2. The third-order valence-corrected chi connectivity index (χ3v) is 11.2. The molecule has 0 spiro atoms. The van der Waals surface area contributed by atoms with E-state index in [0.717, 1.165) is 30.9 Å². The van der Waals surface area contributed by atoms with E-state index in [1.807, 2.05) is 24.8 Å². The summed E-state index contributed by atoms with van der Waals surface area (Å²) >= 11 is 6.02. The predicted octanol–water partition coefficient (Wildman–Crippen LogP) is 5.57. The summed E-state index contributed by atoms with van der Waals surface area (Å²) in [5, 5.41) is 18.0. The lowest BCUT2D eigenvalue weighted by Crippen LogP contribution is -2.58. The van der Waals surface area contributed by atoms with Crippen LogP contribution in [0.2, 0.25) is 5.02 Å². The van der Waals surface area contributed by atoms with Crippen molar-refractivity contribution in [2.24, 2.45) is 16.7 Å². The van der Waals surface area contributed by atoms with Crippen LogP contribution in [-0.2, 0) is 19.9 Å². The number of carbonyl (C=O) groups excluding carboxylic acids is 2. The fraction of sp³-hybridized carbons (Fsp3) is 0.636. The highest BCUT2D eigenvalue weighted by atomic mass is 35.5. The number of rotatable bonds is 11. The van der Waals surface area contributed by atoms with Crippen LogP contribution in [0, 0.1) is 16.7 Å². The van der Waals surface area contributed by atoms with Crippen LogP contribution >= 0.6 is 11.6 Å². The van der Waals surface area contributed by atoms with Gasteiger partial charge in [-0.1, -0.05) is 25.4 Å². The van der Waals surface area contributed by atoms with Crippen LogP contribution in [0.15, 0.2) is 30.5 Å². The van der Waals surface area contributed by atoms with Gasteiger partial charge in [-0.15, -0.1) is 0 Å². The molecule has 0 radical (unpaired) electrons. The number of nitrogens with one attached hydrogen (secondary N) is 1. The zero-order valence-electron chi connectivity index (χ0n) is 26.3. The maximum absolute atomic E-state index is 14.2. The molecule has 250 valence electrons. The molecule has 10 nitrogen and oxygen atoms in total. The number of benzene rings is 1. The summed E-state index contributed by atoms with van der Waals surface area (Å²) in [6.45, 7) is 2.92. The van der Waals surface area contributed by atoms with E-state index in [4.69, 9.17) is 11.6 Å². The second-order valence-corrected chi connectivity index (χ2v) is 14.7. The molecule has 46 heavy (non-hydrogen) atoms. The highest BCUT2D eigenvalue weighted by molar-refractivity contribution is 6.30. The van der Waals surface area contributed by atoms with Crippen LogP contribution in [0.3, 0.4) is 0 Å². The Labute approximate surface area is 272 Å². The quantitative estimate of drug-likeness (QED) is 0.323. The van der Waals surface area contributed by atoms with Gasteiger partial charge in [0, 0.05) is 62.1 Å². The number of carboxylic acid groups (broad SMARTS) is 1. The number of amides is 2. The SMILES string of the molecule is CC(C)c1ccnn1C1(C(=O)Nc2ccc(Cl)cc2OC(F)F)CCN(CC2(C(=O)O)CCN(C(=O)CC34CC(C3)C4)CC2)CC1. The van der Waals surface area contributed by atoms with Gasteiger partial charge in [-0.05, 0) is 80.4 Å². The molecule has 0 atom stereocenters. The molecule has 5 fully saturated rings. The number of aliphatic carboxylic acids is 1. The third kappa shape index (κ3) is 6.10. The van der Waals surface area contributed by atoms with Crippen molar-refractivity contribution < 1.29 is 33.0 Å². The summed E-state index contributed by atoms with van der Waals surface area (Å²) in [4.78, 5) is 43.8. The Kier molecular flexibility index (Phi) is 8.82. The molecule has 13 heteroatoms. The zero-order chi connectivity index (χ0) is 32.9. The van der Waals surface area contributed by atoms with Crippen LogP contribution in [0.5, 0.6) is 5.75 Å². The molecule has 3 heterocycles. The van der Waals surface area contributed by atoms with Gasteiger partial charge < -0.3 is 25.0 Å². The summed E-state index contributed by atoms with van der Waals surface area (Å²) in [7, 11) is 0. The first kappa shape index (κ1) is 32.7. The smallest absolute Gasteiger partial charge is 0.387 e. The molecule has 5 aliphatic rings. The number of nitrogens with zero attached hydrogens (tertiary/aromatic N) is 4. The van der Waals surface area contributed by atoms with Crippen molar-refractivity contribution in [2.75, 3.05) is 38.0 Å². The minimum atomic E-state index is -3.11. The van der Waals surface area contributed by atoms with Crippen LogP contribution in [-0.4, -0.2) is 81.8 Å². The van der Waals surface area contributed by atoms with Gasteiger partial charge in [0.2, 0.25) is 5.91 Å². The number of alkyl halides is 2. The van der Waals surface area contributed by atoms with Crippen molar-refractivity contribution in [3.8, 4) is 5.75 Å². The molecule has 3 saturated carbocycles. The van der Waals surface area contributed by atoms with E-state index in [2.05, 4.69) is 20.1 Å². The van der Waals surface area contributed by atoms with Gasteiger partial charge in [0.15, 0.2) is 5.75 Å². The zero-order valence-corrected chi connectivity index (χ0v) is 27.1. The molecule has 0 unspecified atom stereocenters. The number of ether oxygens (including phenoxy) is 1. The monoisotopic (exact) mass is 661 g/mol. The standard InChI is InChI=1S/C33H42ClF2N5O5/c1-21(2)25-5-10-37-41(25)33(28(43)38-24-4-3-23(34)15-26(24)46-30(35)36)8-11-39(12-9-33)20-32(29(44)45)6-13-40(14-7-32)27(42)19-31-16-22(17-31)18-31/h3-5,10,15,21-22,30H,6-9,11-14,16-20H2,1-2H3,(H,38,43)(H,44,45). The Morgan fingerprint density at radius 1 is 1.07 bits per heavy atom. The Hall–Kier alpha value is -3.25. The molecule has 2 N–H and O–H groups in total. The second kappa shape index (κ2) is 12.4. The molecular weight excluding hydrogens is 620 g/mol. The Balaban J connectivity index is 1.16. The highest BCUT2D eigenvalue weighted by Crippen LogP contribution is 2.66. The first-order chi connectivity index (χ1) is 21.8. The van der Waals surface area contributed by atoms with Gasteiger partial charge in [-0.25, -0.2) is 0 Å². The van der Waals surface area contributed by atoms with E-state index in [1.165, 1.54) is 18.2 Å². The lowest BCUT2D eigenvalue weighted by molar-refractivity contribution is -0.162. The van der Waals surface area contributed by atoms with Crippen LogP contribution < -0.4 is 10.1 Å². The summed E-state index contributed by atoms with van der Waals surface area (Å²) < 4.78 is 32.7. The fourth-order valence-electron chi connectivity index (χ4n) is 8.11.